The van der Waals surface area contributed by atoms with E-state index < -0.39 is 4.92 Å². The minimum Gasteiger partial charge on any atom is -0.493 e. The van der Waals surface area contributed by atoms with Crippen molar-refractivity contribution in [3.05, 3.63) is 98.9 Å². The average Bonchev–Trinajstić information content (AvgIpc) is 3.17. The number of para-hydroxylation sites is 2. The summed E-state index contributed by atoms with van der Waals surface area (Å²) < 4.78 is 11.2. The van der Waals surface area contributed by atoms with E-state index in [-0.39, 0.29) is 18.2 Å². The first-order valence-corrected chi connectivity index (χ1v) is 10.7. The van der Waals surface area contributed by atoms with Gasteiger partial charge in [-0.3, -0.25) is 14.9 Å². The molecular formula is C24H19N3O5S. The number of aliphatic imine (C=N–C) groups is 1. The molecule has 33 heavy (non-hydrogen) atoms. The smallest absolute Gasteiger partial charge is 0.276 e. The van der Waals surface area contributed by atoms with Crippen LogP contribution in [-0.4, -0.2) is 23.1 Å². The van der Waals surface area contributed by atoms with Crippen molar-refractivity contribution >= 4 is 40.3 Å². The maximum absolute atomic E-state index is 12.4. The molecule has 0 bridgehead atoms. The van der Waals surface area contributed by atoms with Crippen LogP contribution in [0.2, 0.25) is 0 Å². The summed E-state index contributed by atoms with van der Waals surface area (Å²) >= 11 is 1.25. The van der Waals surface area contributed by atoms with Crippen molar-refractivity contribution in [3.63, 3.8) is 0 Å². The van der Waals surface area contributed by atoms with Crippen LogP contribution in [0.15, 0.2) is 82.7 Å². The second kappa shape index (κ2) is 10.0. The van der Waals surface area contributed by atoms with Crippen molar-refractivity contribution in [3.8, 4) is 11.5 Å². The second-order valence-corrected chi connectivity index (χ2v) is 7.93. The van der Waals surface area contributed by atoms with Crippen LogP contribution in [0.5, 0.6) is 11.5 Å². The van der Waals surface area contributed by atoms with Gasteiger partial charge in [0.2, 0.25) is 0 Å². The van der Waals surface area contributed by atoms with Crippen LogP contribution < -0.4 is 14.8 Å². The van der Waals surface area contributed by atoms with Crippen LogP contribution in [0.3, 0.4) is 0 Å². The number of amides is 1. The minimum absolute atomic E-state index is 0.00457. The summed E-state index contributed by atoms with van der Waals surface area (Å²) in [7, 11) is 1.51. The highest BCUT2D eigenvalue weighted by Gasteiger charge is 2.24. The third-order valence-corrected chi connectivity index (χ3v) is 5.60. The van der Waals surface area contributed by atoms with E-state index in [0.717, 1.165) is 11.3 Å². The summed E-state index contributed by atoms with van der Waals surface area (Å²) in [5, 5.41) is 14.5. The molecule has 8 nitrogen and oxygen atoms in total. The predicted molar refractivity (Wildman–Crippen MR) is 128 cm³/mol. The number of hydrogen-bond donors (Lipinski definition) is 1. The third kappa shape index (κ3) is 5.39. The highest BCUT2D eigenvalue weighted by Crippen LogP contribution is 2.33. The highest BCUT2D eigenvalue weighted by molar-refractivity contribution is 8.18. The lowest BCUT2D eigenvalue weighted by atomic mass is 10.1. The lowest BCUT2D eigenvalue weighted by molar-refractivity contribution is -0.385. The Hall–Kier alpha value is -4.11. The summed E-state index contributed by atoms with van der Waals surface area (Å²) in [5.74, 6) is 0.655. The van der Waals surface area contributed by atoms with Gasteiger partial charge < -0.3 is 14.8 Å². The molecule has 1 amide bonds. The van der Waals surface area contributed by atoms with E-state index in [1.54, 1.807) is 42.5 Å². The summed E-state index contributed by atoms with van der Waals surface area (Å²) in [6.45, 7) is 0.0194. The quantitative estimate of drug-likeness (QED) is 0.299. The Labute approximate surface area is 194 Å². The van der Waals surface area contributed by atoms with Gasteiger partial charge in [-0.1, -0.05) is 36.4 Å². The topological polar surface area (TPSA) is 103 Å². The molecule has 0 radical (unpaired) electrons. The predicted octanol–water partition coefficient (Wildman–Crippen LogP) is 5.07. The van der Waals surface area contributed by atoms with Gasteiger partial charge in [0.05, 0.1) is 28.2 Å². The van der Waals surface area contributed by atoms with Gasteiger partial charge in [-0.2, -0.15) is 0 Å². The van der Waals surface area contributed by atoms with E-state index >= 15 is 0 Å². The zero-order chi connectivity index (χ0) is 23.2. The van der Waals surface area contributed by atoms with Crippen molar-refractivity contribution in [2.75, 3.05) is 7.11 Å². The second-order valence-electron chi connectivity index (χ2n) is 6.90. The number of nitro benzene ring substituents is 1. The first-order valence-electron chi connectivity index (χ1n) is 9.91. The molecule has 1 aliphatic rings. The molecule has 1 N–H and O–H groups in total. The zero-order valence-corrected chi connectivity index (χ0v) is 18.4. The summed E-state index contributed by atoms with van der Waals surface area (Å²) in [6.07, 6.45) is 1.74. The maximum Gasteiger partial charge on any atom is 0.276 e. The molecule has 3 aromatic carbocycles. The minimum atomic E-state index is -0.440. The van der Waals surface area contributed by atoms with Crippen LogP contribution in [-0.2, 0) is 11.4 Å². The number of nitrogens with one attached hydrogen (secondary N) is 1. The molecule has 3 aromatic rings. The molecule has 0 aliphatic carbocycles. The Kier molecular flexibility index (Phi) is 6.70. The van der Waals surface area contributed by atoms with Crippen LogP contribution >= 0.6 is 11.8 Å². The van der Waals surface area contributed by atoms with Gasteiger partial charge in [0.25, 0.3) is 11.6 Å². The van der Waals surface area contributed by atoms with Crippen LogP contribution in [0.1, 0.15) is 11.1 Å². The molecule has 1 aliphatic heterocycles. The summed E-state index contributed by atoms with van der Waals surface area (Å²) in [4.78, 5) is 28.0. The number of carbonyl (C=O) groups excluding carboxylic acids is 1. The van der Waals surface area contributed by atoms with Gasteiger partial charge in [-0.15, -0.1) is 0 Å². The monoisotopic (exact) mass is 461 g/mol. The molecule has 0 unspecified atom stereocenters. The van der Waals surface area contributed by atoms with E-state index in [0.29, 0.717) is 27.1 Å². The molecule has 9 heteroatoms. The SMILES string of the molecule is COc1cc(/C=C2\SC(=Nc3ccccc3)NC2=O)ccc1OCc1ccccc1[N+](=O)[O-]. The molecule has 166 valence electrons. The van der Waals surface area contributed by atoms with E-state index in [1.807, 2.05) is 30.3 Å². The van der Waals surface area contributed by atoms with E-state index in [2.05, 4.69) is 10.3 Å². The molecular weight excluding hydrogens is 442 g/mol. The number of ether oxygens (including phenoxy) is 2. The number of thioether (sulfide) groups is 1. The first-order chi connectivity index (χ1) is 16.0. The zero-order valence-electron chi connectivity index (χ0n) is 17.6. The number of methoxy groups -OCH3 is 1. The Morgan fingerprint density at radius 1 is 1.06 bits per heavy atom. The van der Waals surface area contributed by atoms with Crippen molar-refractivity contribution < 1.29 is 19.2 Å². The largest absolute Gasteiger partial charge is 0.493 e. The number of nitro groups is 1. The highest BCUT2D eigenvalue weighted by atomic mass is 32.2. The van der Waals surface area contributed by atoms with Gasteiger partial charge in [0, 0.05) is 6.07 Å². The fourth-order valence-electron chi connectivity index (χ4n) is 3.11. The number of benzene rings is 3. The standard InChI is InChI=1S/C24H19N3O5S/c1-31-21-13-16(11-12-20(21)32-15-17-7-5-6-10-19(17)27(29)30)14-22-23(28)26-24(33-22)25-18-8-3-2-4-9-18/h2-14H,15H2,1H3,(H,25,26,28)/b22-14-. The maximum atomic E-state index is 12.4. The Balaban J connectivity index is 1.50. The van der Waals surface area contributed by atoms with Crippen molar-refractivity contribution in [2.24, 2.45) is 4.99 Å². The first kappa shape index (κ1) is 22.1. The molecule has 1 heterocycles. The van der Waals surface area contributed by atoms with Crippen LogP contribution in [0.4, 0.5) is 11.4 Å². The van der Waals surface area contributed by atoms with Crippen LogP contribution in [0, 0.1) is 10.1 Å². The third-order valence-electron chi connectivity index (χ3n) is 4.69. The fraction of sp³-hybridized carbons (Fsp3) is 0.0833. The molecule has 0 aromatic heterocycles. The Morgan fingerprint density at radius 3 is 2.58 bits per heavy atom. The van der Waals surface area contributed by atoms with Gasteiger partial charge in [0.1, 0.15) is 6.61 Å². The lowest BCUT2D eigenvalue weighted by Crippen LogP contribution is -2.19. The number of nitrogens with zero attached hydrogens (tertiary/aromatic N) is 2. The lowest BCUT2D eigenvalue weighted by Gasteiger charge is -2.11. The summed E-state index contributed by atoms with van der Waals surface area (Å²) in [6, 6.07) is 21.0. The van der Waals surface area contributed by atoms with Gasteiger partial charge >= 0.3 is 0 Å². The van der Waals surface area contributed by atoms with Gasteiger partial charge in [-0.05, 0) is 53.7 Å². The Bertz CT molecular complexity index is 1260. The van der Waals surface area contributed by atoms with Crippen LogP contribution in [0.25, 0.3) is 6.08 Å². The number of carbonyl (C=O) groups is 1. The molecule has 4 rings (SSSR count). The van der Waals surface area contributed by atoms with Crippen molar-refractivity contribution in [1.29, 1.82) is 0 Å². The number of hydrogen-bond acceptors (Lipinski definition) is 7. The van der Waals surface area contributed by atoms with Gasteiger partial charge in [0.15, 0.2) is 16.7 Å². The Morgan fingerprint density at radius 2 is 1.82 bits per heavy atom. The van der Waals surface area contributed by atoms with E-state index in [1.165, 1.54) is 24.9 Å². The fourth-order valence-corrected chi connectivity index (χ4v) is 3.95. The number of amidine groups is 1. The molecule has 1 fully saturated rings. The normalized spacial score (nSPS) is 15.5. The molecule has 1 saturated heterocycles. The summed E-state index contributed by atoms with van der Waals surface area (Å²) in [5.41, 5.74) is 1.95. The molecule has 0 saturated carbocycles. The molecule has 0 spiro atoms. The number of rotatable bonds is 7. The average molecular weight is 461 g/mol. The van der Waals surface area contributed by atoms with E-state index in [4.69, 9.17) is 9.47 Å². The molecule has 0 atom stereocenters. The van der Waals surface area contributed by atoms with E-state index in [9.17, 15) is 14.9 Å². The van der Waals surface area contributed by atoms with Crippen molar-refractivity contribution in [2.45, 2.75) is 6.61 Å². The van der Waals surface area contributed by atoms with Crippen molar-refractivity contribution in [1.82, 2.24) is 5.32 Å². The van der Waals surface area contributed by atoms with Gasteiger partial charge in [-0.25, -0.2) is 4.99 Å².